The van der Waals surface area contributed by atoms with Crippen molar-refractivity contribution < 1.29 is 9.13 Å². The number of piperazine rings is 1. The van der Waals surface area contributed by atoms with E-state index in [4.69, 9.17) is 10.5 Å². The van der Waals surface area contributed by atoms with Gasteiger partial charge in [0.15, 0.2) is 5.82 Å². The van der Waals surface area contributed by atoms with Crippen molar-refractivity contribution in [2.75, 3.05) is 37.8 Å². The van der Waals surface area contributed by atoms with E-state index in [2.05, 4.69) is 32.1 Å². The Labute approximate surface area is 171 Å². The Kier molecular flexibility index (Phi) is 5.56. The number of hydrogen-bond donors (Lipinski definition) is 2. The lowest BCUT2D eigenvalue weighted by Crippen LogP contribution is -2.43. The second kappa shape index (κ2) is 8.12. The summed E-state index contributed by atoms with van der Waals surface area (Å²) >= 11 is 0. The molecule has 2 atom stereocenters. The number of nitrogens with two attached hydrogens (primary N) is 1. The Morgan fingerprint density at radius 2 is 2.10 bits per heavy atom. The van der Waals surface area contributed by atoms with Crippen LogP contribution in [0.5, 0.6) is 6.01 Å². The summed E-state index contributed by atoms with van der Waals surface area (Å²) in [5, 5.41) is 3.12. The standard InChI is InChI=1S/C21H29FN6O/c1-4-29-21-25-13(2)19(23)20(26-21)24-9-15-6-5-14(7-18(15)22)10-28-12-16-8-17(28)11-27(16)3/h5-7,16-17H,4,8-12,23H2,1-3H3,(H,24,25,26). The molecule has 0 aliphatic carbocycles. The fourth-order valence-corrected chi connectivity index (χ4v) is 4.27. The number of nitrogens with one attached hydrogen (secondary N) is 1. The van der Waals surface area contributed by atoms with Crippen LogP contribution in [-0.2, 0) is 13.1 Å². The summed E-state index contributed by atoms with van der Waals surface area (Å²) in [4.78, 5) is 13.4. The zero-order valence-electron chi connectivity index (χ0n) is 17.3. The monoisotopic (exact) mass is 400 g/mol. The lowest BCUT2D eigenvalue weighted by Gasteiger charge is -2.31. The van der Waals surface area contributed by atoms with Crippen molar-refractivity contribution in [3.05, 3.63) is 40.8 Å². The molecule has 2 aliphatic heterocycles. The van der Waals surface area contributed by atoms with Crippen molar-refractivity contribution >= 4 is 11.5 Å². The molecule has 0 saturated carbocycles. The van der Waals surface area contributed by atoms with Gasteiger partial charge in [0.25, 0.3) is 0 Å². The molecule has 3 N–H and O–H groups in total. The predicted molar refractivity (Wildman–Crippen MR) is 111 cm³/mol. The van der Waals surface area contributed by atoms with Crippen molar-refractivity contribution in [2.24, 2.45) is 0 Å². The van der Waals surface area contributed by atoms with E-state index in [1.54, 1.807) is 13.0 Å². The van der Waals surface area contributed by atoms with Crippen LogP contribution in [0.3, 0.4) is 0 Å². The van der Waals surface area contributed by atoms with Crippen LogP contribution in [0.25, 0.3) is 0 Å². The van der Waals surface area contributed by atoms with E-state index >= 15 is 0 Å². The number of ether oxygens (including phenoxy) is 1. The van der Waals surface area contributed by atoms with Gasteiger partial charge in [-0.2, -0.15) is 9.97 Å². The first-order valence-corrected chi connectivity index (χ1v) is 10.2. The SMILES string of the molecule is CCOc1nc(C)c(N)c(NCc2ccc(CN3CC4CC3CN4C)cc2F)n1. The van der Waals surface area contributed by atoms with Gasteiger partial charge in [-0.15, -0.1) is 0 Å². The van der Waals surface area contributed by atoms with E-state index in [0.717, 1.165) is 25.2 Å². The molecule has 1 aromatic carbocycles. The molecule has 4 rings (SSSR count). The second-order valence-corrected chi connectivity index (χ2v) is 7.98. The molecule has 1 aromatic heterocycles. The first-order valence-electron chi connectivity index (χ1n) is 10.2. The fraction of sp³-hybridized carbons (Fsp3) is 0.524. The normalized spacial score (nSPS) is 21.7. The molecular formula is C21H29FN6O. The van der Waals surface area contributed by atoms with Crippen LogP contribution in [0.15, 0.2) is 18.2 Å². The molecule has 2 aliphatic rings. The minimum absolute atomic E-state index is 0.217. The summed E-state index contributed by atoms with van der Waals surface area (Å²) in [6.07, 6.45) is 1.23. The Morgan fingerprint density at radius 3 is 2.76 bits per heavy atom. The highest BCUT2D eigenvalue weighted by Crippen LogP contribution is 2.30. The van der Waals surface area contributed by atoms with E-state index in [1.807, 2.05) is 19.1 Å². The number of benzene rings is 1. The van der Waals surface area contributed by atoms with Gasteiger partial charge in [0, 0.05) is 43.8 Å². The van der Waals surface area contributed by atoms with Gasteiger partial charge in [-0.25, -0.2) is 4.39 Å². The first kappa shape index (κ1) is 19.8. The molecule has 2 fully saturated rings. The Morgan fingerprint density at radius 1 is 1.28 bits per heavy atom. The molecular weight excluding hydrogens is 371 g/mol. The Hall–Kier alpha value is -2.45. The number of likely N-dealkylation sites (N-methyl/N-ethyl adjacent to an activating group) is 1. The molecule has 29 heavy (non-hydrogen) atoms. The summed E-state index contributed by atoms with van der Waals surface area (Å²) in [5.41, 5.74) is 8.72. The lowest BCUT2D eigenvalue weighted by atomic mass is 10.1. The third-order valence-electron chi connectivity index (χ3n) is 5.97. The largest absolute Gasteiger partial charge is 0.464 e. The van der Waals surface area contributed by atoms with Crippen molar-refractivity contribution in [3.8, 4) is 6.01 Å². The lowest BCUT2D eigenvalue weighted by molar-refractivity contribution is 0.143. The Balaban J connectivity index is 1.40. The number of aromatic nitrogens is 2. The molecule has 8 heteroatoms. The number of nitrogens with zero attached hydrogens (tertiary/aromatic N) is 4. The zero-order chi connectivity index (χ0) is 20.5. The molecule has 2 aromatic rings. The Bertz CT molecular complexity index is 890. The van der Waals surface area contributed by atoms with Gasteiger partial charge in [0.2, 0.25) is 0 Å². The topological polar surface area (TPSA) is 79.5 Å². The van der Waals surface area contributed by atoms with Crippen LogP contribution in [-0.4, -0.2) is 58.6 Å². The summed E-state index contributed by atoms with van der Waals surface area (Å²) in [6, 6.07) is 7.01. The maximum Gasteiger partial charge on any atom is 0.318 e. The van der Waals surface area contributed by atoms with Crippen molar-refractivity contribution in [1.29, 1.82) is 0 Å². The number of anilines is 2. The highest BCUT2D eigenvalue weighted by atomic mass is 19.1. The molecule has 0 radical (unpaired) electrons. The smallest absolute Gasteiger partial charge is 0.318 e. The minimum Gasteiger partial charge on any atom is -0.464 e. The van der Waals surface area contributed by atoms with Crippen LogP contribution in [0.4, 0.5) is 15.9 Å². The molecule has 3 heterocycles. The van der Waals surface area contributed by atoms with E-state index in [-0.39, 0.29) is 18.4 Å². The molecule has 0 amide bonds. The second-order valence-electron chi connectivity index (χ2n) is 7.98. The number of halogens is 1. The fourth-order valence-electron chi connectivity index (χ4n) is 4.27. The summed E-state index contributed by atoms with van der Waals surface area (Å²) in [6.45, 7) is 7.40. The summed E-state index contributed by atoms with van der Waals surface area (Å²) < 4.78 is 20.1. The van der Waals surface area contributed by atoms with E-state index in [9.17, 15) is 4.39 Å². The van der Waals surface area contributed by atoms with Crippen LogP contribution < -0.4 is 15.8 Å². The van der Waals surface area contributed by atoms with E-state index in [1.165, 1.54) is 6.42 Å². The summed E-state index contributed by atoms with van der Waals surface area (Å²) in [7, 11) is 2.19. The number of aryl methyl sites for hydroxylation is 1. The predicted octanol–water partition coefficient (Wildman–Crippen LogP) is 2.41. The number of fused-ring (bicyclic) bond motifs is 2. The molecule has 7 nitrogen and oxygen atoms in total. The molecule has 2 saturated heterocycles. The van der Waals surface area contributed by atoms with E-state index < -0.39 is 0 Å². The van der Waals surface area contributed by atoms with Gasteiger partial charge in [-0.05, 0) is 38.9 Å². The van der Waals surface area contributed by atoms with E-state index in [0.29, 0.717) is 41.5 Å². The van der Waals surface area contributed by atoms with Crippen molar-refractivity contribution in [1.82, 2.24) is 19.8 Å². The van der Waals surface area contributed by atoms with Crippen LogP contribution in [0.1, 0.15) is 30.2 Å². The molecule has 2 unspecified atom stereocenters. The van der Waals surface area contributed by atoms with Gasteiger partial charge in [-0.3, -0.25) is 4.90 Å². The third kappa shape index (κ3) is 4.13. The van der Waals surface area contributed by atoms with Gasteiger partial charge in [0.05, 0.1) is 18.0 Å². The number of nitrogen functional groups attached to an aromatic ring is 1. The van der Waals surface area contributed by atoms with Gasteiger partial charge >= 0.3 is 6.01 Å². The average Bonchev–Trinajstić information content (AvgIpc) is 3.24. The van der Waals surface area contributed by atoms with Gasteiger partial charge in [-0.1, -0.05) is 12.1 Å². The van der Waals surface area contributed by atoms with Gasteiger partial charge < -0.3 is 20.7 Å². The third-order valence-corrected chi connectivity index (χ3v) is 5.97. The van der Waals surface area contributed by atoms with Crippen LogP contribution in [0, 0.1) is 12.7 Å². The van der Waals surface area contributed by atoms with Crippen molar-refractivity contribution in [3.63, 3.8) is 0 Å². The number of hydrogen-bond acceptors (Lipinski definition) is 7. The molecule has 156 valence electrons. The highest BCUT2D eigenvalue weighted by Gasteiger charge is 2.41. The van der Waals surface area contributed by atoms with Crippen LogP contribution in [0.2, 0.25) is 0 Å². The molecule has 0 spiro atoms. The zero-order valence-corrected chi connectivity index (χ0v) is 17.3. The minimum atomic E-state index is -0.217. The maximum atomic E-state index is 14.7. The first-order chi connectivity index (χ1) is 13.9. The average molecular weight is 401 g/mol. The number of rotatable bonds is 7. The summed E-state index contributed by atoms with van der Waals surface area (Å²) in [5.74, 6) is 0.243. The quantitative estimate of drug-likeness (QED) is 0.739. The van der Waals surface area contributed by atoms with Gasteiger partial charge in [0.1, 0.15) is 5.82 Å². The maximum absolute atomic E-state index is 14.7. The number of likely N-dealkylation sites (tertiary alicyclic amines) is 2. The highest BCUT2D eigenvalue weighted by molar-refractivity contribution is 5.64. The molecule has 2 bridgehead atoms. The van der Waals surface area contributed by atoms with Crippen LogP contribution >= 0.6 is 0 Å². The van der Waals surface area contributed by atoms with Crippen molar-refractivity contribution in [2.45, 2.75) is 45.4 Å².